The van der Waals surface area contributed by atoms with Crippen molar-refractivity contribution in [3.05, 3.63) is 58.9 Å². The Morgan fingerprint density at radius 3 is 2.48 bits per heavy atom. The van der Waals surface area contributed by atoms with Gasteiger partial charge in [0.05, 0.1) is 30.3 Å². The van der Waals surface area contributed by atoms with Crippen LogP contribution < -0.4 is 10.3 Å². The number of hydrogen-bond acceptors (Lipinski definition) is 7. The van der Waals surface area contributed by atoms with Crippen LogP contribution in [0.1, 0.15) is 5.69 Å². The van der Waals surface area contributed by atoms with E-state index in [1.807, 2.05) is 0 Å². The second kappa shape index (κ2) is 7.43. The Morgan fingerprint density at radius 2 is 1.81 bits per heavy atom. The number of rotatable bonds is 5. The van der Waals surface area contributed by atoms with Gasteiger partial charge in [-0.15, -0.1) is 0 Å². The lowest BCUT2D eigenvalue weighted by Crippen LogP contribution is -2.23. The zero-order valence-electron chi connectivity index (χ0n) is 13.4. The fraction of sp³-hybridized carbons (Fsp3) is 0.200. The molecule has 3 heterocycles. The van der Waals surface area contributed by atoms with Crippen LogP contribution >= 0.6 is 0 Å². The van der Waals surface area contributed by atoms with Gasteiger partial charge in [-0.1, -0.05) is 0 Å². The van der Waals surface area contributed by atoms with Crippen molar-refractivity contribution in [2.24, 2.45) is 0 Å². The number of aromatic nitrogens is 6. The van der Waals surface area contributed by atoms with E-state index in [4.69, 9.17) is 0 Å². The molecule has 0 spiro atoms. The number of halogens is 4. The van der Waals surface area contributed by atoms with E-state index in [1.165, 1.54) is 30.7 Å². The summed E-state index contributed by atoms with van der Waals surface area (Å²) in [4.78, 5) is 26.5. The number of alkyl halides is 3. The summed E-state index contributed by atoms with van der Waals surface area (Å²) in [5, 5.41) is 4.10. The van der Waals surface area contributed by atoms with E-state index < -0.39 is 30.3 Å². The Labute approximate surface area is 148 Å². The molecule has 0 fully saturated rings. The van der Waals surface area contributed by atoms with Gasteiger partial charge in [0.25, 0.3) is 5.56 Å². The highest BCUT2D eigenvalue weighted by atomic mass is 19.4. The van der Waals surface area contributed by atoms with E-state index >= 15 is 0 Å². The lowest BCUT2D eigenvalue weighted by molar-refractivity contribution is -0.154. The SMILES string of the molecule is O=c1ccc(-c2cnc(OCC(F)(F)F)nc2)nn1Cc1cncc(F)n1. The third-order valence-electron chi connectivity index (χ3n) is 3.12. The van der Waals surface area contributed by atoms with Crippen LogP contribution in [-0.2, 0) is 6.54 Å². The molecule has 0 saturated carbocycles. The molecule has 0 atom stereocenters. The third-order valence-corrected chi connectivity index (χ3v) is 3.12. The summed E-state index contributed by atoms with van der Waals surface area (Å²) in [6.07, 6.45) is 0.129. The monoisotopic (exact) mass is 382 g/mol. The first kappa shape index (κ1) is 18.4. The summed E-state index contributed by atoms with van der Waals surface area (Å²) in [5.74, 6) is -0.792. The molecule has 0 amide bonds. The Morgan fingerprint density at radius 1 is 1.07 bits per heavy atom. The average Bonchev–Trinajstić information content (AvgIpc) is 2.62. The van der Waals surface area contributed by atoms with Crippen molar-refractivity contribution in [2.75, 3.05) is 6.61 Å². The number of ether oxygens (including phenoxy) is 1. The van der Waals surface area contributed by atoms with Crippen LogP contribution in [0.15, 0.2) is 41.7 Å². The van der Waals surface area contributed by atoms with Crippen molar-refractivity contribution >= 4 is 0 Å². The Hall–Kier alpha value is -3.44. The van der Waals surface area contributed by atoms with Gasteiger partial charge >= 0.3 is 12.2 Å². The predicted octanol–water partition coefficient (Wildman–Crippen LogP) is 1.62. The molecular formula is C15H10F4N6O2. The van der Waals surface area contributed by atoms with E-state index in [9.17, 15) is 22.4 Å². The summed E-state index contributed by atoms with van der Waals surface area (Å²) < 4.78 is 54.9. The van der Waals surface area contributed by atoms with E-state index in [2.05, 4.69) is 29.8 Å². The third kappa shape index (κ3) is 5.03. The van der Waals surface area contributed by atoms with E-state index in [-0.39, 0.29) is 17.9 Å². The van der Waals surface area contributed by atoms with Crippen molar-refractivity contribution in [3.63, 3.8) is 0 Å². The number of hydrogen-bond donors (Lipinski definition) is 0. The summed E-state index contributed by atoms with van der Waals surface area (Å²) >= 11 is 0. The Balaban J connectivity index is 1.80. The molecular weight excluding hydrogens is 372 g/mol. The van der Waals surface area contributed by atoms with Gasteiger partial charge in [-0.05, 0) is 6.07 Å². The van der Waals surface area contributed by atoms with Crippen molar-refractivity contribution in [1.82, 2.24) is 29.7 Å². The predicted molar refractivity (Wildman–Crippen MR) is 82.2 cm³/mol. The molecule has 0 N–H and O–H groups in total. The molecule has 0 radical (unpaired) electrons. The minimum atomic E-state index is -4.50. The van der Waals surface area contributed by atoms with Crippen LogP contribution in [-0.4, -0.2) is 42.5 Å². The standard InChI is InChI=1S/C15H10F4N6O2/c16-12-6-20-5-10(23-12)7-25-13(26)2-1-11(24-25)9-3-21-14(22-4-9)27-8-15(17,18)19/h1-6H,7-8H2. The fourth-order valence-corrected chi connectivity index (χ4v) is 1.99. The van der Waals surface area contributed by atoms with Gasteiger partial charge in [-0.25, -0.2) is 19.6 Å². The molecule has 0 aromatic carbocycles. The zero-order chi connectivity index (χ0) is 19.4. The second-order valence-electron chi connectivity index (χ2n) is 5.21. The molecule has 0 saturated heterocycles. The molecule has 27 heavy (non-hydrogen) atoms. The van der Waals surface area contributed by atoms with Crippen LogP contribution in [0.25, 0.3) is 11.3 Å². The van der Waals surface area contributed by atoms with Gasteiger partial charge in [-0.3, -0.25) is 9.78 Å². The van der Waals surface area contributed by atoms with Crippen LogP contribution in [0, 0.1) is 5.95 Å². The highest BCUT2D eigenvalue weighted by Gasteiger charge is 2.28. The summed E-state index contributed by atoms with van der Waals surface area (Å²) in [5.41, 5.74) is 0.347. The molecule has 3 aromatic rings. The van der Waals surface area contributed by atoms with Crippen molar-refractivity contribution < 1.29 is 22.3 Å². The van der Waals surface area contributed by atoms with Crippen molar-refractivity contribution in [1.29, 1.82) is 0 Å². The molecule has 140 valence electrons. The molecule has 0 aliphatic heterocycles. The maximum absolute atomic E-state index is 13.1. The lowest BCUT2D eigenvalue weighted by Gasteiger charge is -2.08. The van der Waals surface area contributed by atoms with E-state index in [0.717, 1.165) is 10.9 Å². The molecule has 12 heteroatoms. The highest BCUT2D eigenvalue weighted by Crippen LogP contribution is 2.18. The van der Waals surface area contributed by atoms with Gasteiger partial charge in [0.15, 0.2) is 6.61 Å². The molecule has 8 nitrogen and oxygen atoms in total. The van der Waals surface area contributed by atoms with Gasteiger partial charge in [0, 0.05) is 24.0 Å². The maximum atomic E-state index is 13.1. The summed E-state index contributed by atoms with van der Waals surface area (Å²) in [7, 11) is 0. The van der Waals surface area contributed by atoms with Crippen LogP contribution in [0.2, 0.25) is 0 Å². The Bertz CT molecular complexity index is 991. The normalized spacial score (nSPS) is 11.4. The smallest absolute Gasteiger partial charge is 0.422 e. The first-order valence-electron chi connectivity index (χ1n) is 7.37. The van der Waals surface area contributed by atoms with Crippen LogP contribution in [0.4, 0.5) is 17.6 Å². The maximum Gasteiger partial charge on any atom is 0.422 e. The van der Waals surface area contributed by atoms with E-state index in [1.54, 1.807) is 0 Å². The van der Waals surface area contributed by atoms with E-state index in [0.29, 0.717) is 5.56 Å². The van der Waals surface area contributed by atoms with Crippen LogP contribution in [0.5, 0.6) is 6.01 Å². The fourth-order valence-electron chi connectivity index (χ4n) is 1.99. The Kier molecular flexibility index (Phi) is 5.05. The summed E-state index contributed by atoms with van der Waals surface area (Å²) in [6, 6.07) is 2.17. The number of nitrogens with zero attached hydrogens (tertiary/aromatic N) is 6. The molecule has 0 unspecified atom stereocenters. The summed E-state index contributed by atoms with van der Waals surface area (Å²) in [6.45, 7) is -1.63. The average molecular weight is 382 g/mol. The molecule has 0 aliphatic rings. The van der Waals surface area contributed by atoms with Crippen molar-refractivity contribution in [3.8, 4) is 17.3 Å². The van der Waals surface area contributed by atoms with Gasteiger partial charge in [0.2, 0.25) is 5.95 Å². The minimum Gasteiger partial charge on any atom is -0.454 e. The second-order valence-corrected chi connectivity index (χ2v) is 5.21. The molecule has 0 aliphatic carbocycles. The van der Waals surface area contributed by atoms with Crippen LogP contribution in [0.3, 0.4) is 0 Å². The van der Waals surface area contributed by atoms with Gasteiger partial charge in [-0.2, -0.15) is 22.7 Å². The molecule has 3 rings (SSSR count). The lowest BCUT2D eigenvalue weighted by atomic mass is 10.2. The molecule has 3 aromatic heterocycles. The molecule has 0 bridgehead atoms. The highest BCUT2D eigenvalue weighted by molar-refractivity contribution is 5.55. The van der Waals surface area contributed by atoms with Gasteiger partial charge in [0.1, 0.15) is 0 Å². The van der Waals surface area contributed by atoms with Gasteiger partial charge < -0.3 is 4.74 Å². The quantitative estimate of drug-likeness (QED) is 0.619. The largest absolute Gasteiger partial charge is 0.454 e. The van der Waals surface area contributed by atoms with Crippen molar-refractivity contribution in [2.45, 2.75) is 12.7 Å². The first-order chi connectivity index (χ1) is 12.8. The zero-order valence-corrected chi connectivity index (χ0v) is 13.4. The first-order valence-corrected chi connectivity index (χ1v) is 7.37. The topological polar surface area (TPSA) is 95.7 Å². The minimum absolute atomic E-state index is 0.120.